The highest BCUT2D eigenvalue weighted by Gasteiger charge is 2.12. The van der Waals surface area contributed by atoms with E-state index in [0.717, 1.165) is 36.5 Å². The van der Waals surface area contributed by atoms with E-state index >= 15 is 0 Å². The summed E-state index contributed by atoms with van der Waals surface area (Å²) in [5, 5.41) is 0.727. The van der Waals surface area contributed by atoms with Gasteiger partial charge < -0.3 is 4.74 Å². The van der Waals surface area contributed by atoms with Gasteiger partial charge in [0.1, 0.15) is 5.76 Å². The first-order valence-corrected chi connectivity index (χ1v) is 6.04. The third-order valence-corrected chi connectivity index (χ3v) is 2.52. The maximum atomic E-state index is 5.57. The first kappa shape index (κ1) is 12.2. The molecular formula is C13H18OS. The molecule has 0 amide bonds. The number of thiocarbonyl (C=S) groups is 1. The maximum Gasteiger partial charge on any atom is 0.167 e. The van der Waals surface area contributed by atoms with Crippen LogP contribution < -0.4 is 0 Å². The molecule has 1 aliphatic heterocycles. The quantitative estimate of drug-likeness (QED) is 0.565. The van der Waals surface area contributed by atoms with E-state index in [4.69, 9.17) is 17.0 Å². The Bertz CT molecular complexity index is 310. The third kappa shape index (κ3) is 3.63. The fraction of sp³-hybridized carbons (Fsp3) is 0.462. The Labute approximate surface area is 97.5 Å². The molecule has 2 aliphatic rings. The molecule has 82 valence electrons. The molecule has 2 heteroatoms. The van der Waals surface area contributed by atoms with Crippen molar-refractivity contribution in [2.75, 3.05) is 0 Å². The van der Waals surface area contributed by atoms with Gasteiger partial charge in [0.2, 0.25) is 0 Å². The van der Waals surface area contributed by atoms with Crippen LogP contribution in [-0.4, -0.2) is 5.05 Å². The van der Waals surface area contributed by atoms with E-state index in [0.29, 0.717) is 0 Å². The second-order valence-electron chi connectivity index (χ2n) is 3.26. The van der Waals surface area contributed by atoms with Gasteiger partial charge in [-0.05, 0) is 43.1 Å². The van der Waals surface area contributed by atoms with Crippen LogP contribution in [0.5, 0.6) is 0 Å². The van der Waals surface area contributed by atoms with Crippen LogP contribution in [0, 0.1) is 0 Å². The van der Waals surface area contributed by atoms with Crippen LogP contribution in [0.15, 0.2) is 35.6 Å². The Kier molecular flexibility index (Phi) is 5.33. The molecule has 1 heterocycles. The molecule has 0 aromatic carbocycles. The summed E-state index contributed by atoms with van der Waals surface area (Å²) >= 11 is 5.09. The summed E-state index contributed by atoms with van der Waals surface area (Å²) in [7, 11) is 0. The molecule has 0 unspecified atom stereocenters. The van der Waals surface area contributed by atoms with Crippen molar-refractivity contribution in [3.8, 4) is 0 Å². The molecular weight excluding hydrogens is 204 g/mol. The van der Waals surface area contributed by atoms with E-state index in [9.17, 15) is 0 Å². The molecule has 2 rings (SSSR count). The summed E-state index contributed by atoms with van der Waals surface area (Å²) in [5.41, 5.74) is 1.29. The lowest BCUT2D eigenvalue weighted by molar-refractivity contribution is 0.435. The van der Waals surface area contributed by atoms with Crippen LogP contribution in [-0.2, 0) is 4.74 Å². The van der Waals surface area contributed by atoms with Gasteiger partial charge in [0.25, 0.3) is 0 Å². The molecule has 1 nitrogen and oxygen atoms in total. The Morgan fingerprint density at radius 3 is 2.67 bits per heavy atom. The average Bonchev–Trinajstić information content (AvgIpc) is 2.55. The first-order chi connectivity index (χ1) is 7.36. The molecule has 0 radical (unpaired) electrons. The van der Waals surface area contributed by atoms with Crippen molar-refractivity contribution < 1.29 is 4.74 Å². The largest absolute Gasteiger partial charge is 0.450 e. The number of hydrogen-bond donors (Lipinski definition) is 0. The molecule has 15 heavy (non-hydrogen) atoms. The average molecular weight is 222 g/mol. The Hall–Kier alpha value is -0.890. The van der Waals surface area contributed by atoms with Crippen molar-refractivity contribution in [1.29, 1.82) is 0 Å². The van der Waals surface area contributed by atoms with Crippen molar-refractivity contribution in [2.24, 2.45) is 0 Å². The standard InChI is InChI=1S/C11H12OS.C2H6/c13-11-8-4-6-9-5-2-1-3-7-10(9)12-11;1-2/h2-3,5,7H,1,4,6,8H2;1-2H3. The van der Waals surface area contributed by atoms with Crippen molar-refractivity contribution in [3.05, 3.63) is 35.6 Å². The van der Waals surface area contributed by atoms with Crippen LogP contribution in [0.2, 0.25) is 0 Å². The minimum atomic E-state index is 0.727. The van der Waals surface area contributed by atoms with Gasteiger partial charge in [-0.15, -0.1) is 0 Å². The van der Waals surface area contributed by atoms with Gasteiger partial charge in [-0.2, -0.15) is 0 Å². The highest BCUT2D eigenvalue weighted by Crippen LogP contribution is 2.24. The van der Waals surface area contributed by atoms with E-state index in [1.165, 1.54) is 5.57 Å². The van der Waals surface area contributed by atoms with Crippen LogP contribution in [0.1, 0.15) is 39.5 Å². The lowest BCUT2D eigenvalue weighted by atomic mass is 10.1. The molecule has 0 saturated heterocycles. The van der Waals surface area contributed by atoms with Crippen LogP contribution in [0.25, 0.3) is 0 Å². The summed E-state index contributed by atoms with van der Waals surface area (Å²) in [6, 6.07) is 0. The van der Waals surface area contributed by atoms with Crippen molar-refractivity contribution in [2.45, 2.75) is 39.5 Å². The molecule has 0 aromatic heterocycles. The predicted octanol–water partition coefficient (Wildman–Crippen LogP) is 4.31. The van der Waals surface area contributed by atoms with Gasteiger partial charge in [0.15, 0.2) is 5.05 Å². The highest BCUT2D eigenvalue weighted by atomic mass is 32.1. The minimum Gasteiger partial charge on any atom is -0.450 e. The summed E-state index contributed by atoms with van der Waals surface area (Å²) in [5.74, 6) is 0.955. The van der Waals surface area contributed by atoms with Gasteiger partial charge in [-0.3, -0.25) is 0 Å². The van der Waals surface area contributed by atoms with Crippen molar-refractivity contribution in [1.82, 2.24) is 0 Å². The highest BCUT2D eigenvalue weighted by molar-refractivity contribution is 7.80. The Morgan fingerprint density at radius 1 is 1.13 bits per heavy atom. The van der Waals surface area contributed by atoms with Crippen LogP contribution in [0.4, 0.5) is 0 Å². The first-order valence-electron chi connectivity index (χ1n) is 5.63. The topological polar surface area (TPSA) is 9.23 Å². The molecule has 0 spiro atoms. The van der Waals surface area contributed by atoms with E-state index in [1.54, 1.807) is 0 Å². The fourth-order valence-electron chi connectivity index (χ4n) is 1.56. The van der Waals surface area contributed by atoms with E-state index in [-0.39, 0.29) is 0 Å². The van der Waals surface area contributed by atoms with E-state index in [1.807, 2.05) is 19.9 Å². The number of hydrogen-bond acceptors (Lipinski definition) is 2. The lowest BCUT2D eigenvalue weighted by Gasteiger charge is -2.04. The SMILES string of the molecule is CC.S=C1CCCC2=C(C=CCC=C2)O1. The molecule has 0 fully saturated rings. The molecule has 0 saturated carbocycles. The lowest BCUT2D eigenvalue weighted by Crippen LogP contribution is -1.97. The zero-order chi connectivity index (χ0) is 11.1. The van der Waals surface area contributed by atoms with Gasteiger partial charge in [-0.25, -0.2) is 0 Å². The maximum absolute atomic E-state index is 5.57. The zero-order valence-electron chi connectivity index (χ0n) is 9.45. The fourth-order valence-corrected chi connectivity index (χ4v) is 1.79. The van der Waals surface area contributed by atoms with E-state index in [2.05, 4.69) is 18.2 Å². The second-order valence-corrected chi connectivity index (χ2v) is 3.71. The summed E-state index contributed by atoms with van der Waals surface area (Å²) in [6.07, 6.45) is 12.5. The van der Waals surface area contributed by atoms with Gasteiger partial charge in [-0.1, -0.05) is 32.1 Å². The predicted molar refractivity (Wildman–Crippen MR) is 68.8 cm³/mol. The molecule has 0 atom stereocenters. The van der Waals surface area contributed by atoms with Crippen LogP contribution in [0.3, 0.4) is 0 Å². The zero-order valence-corrected chi connectivity index (χ0v) is 10.3. The summed E-state index contributed by atoms with van der Waals surface area (Å²) < 4.78 is 5.57. The van der Waals surface area contributed by atoms with E-state index < -0.39 is 0 Å². The van der Waals surface area contributed by atoms with Crippen molar-refractivity contribution >= 4 is 17.3 Å². The minimum absolute atomic E-state index is 0.727. The second kappa shape index (κ2) is 6.57. The number of rotatable bonds is 0. The molecule has 0 N–H and O–H groups in total. The smallest absolute Gasteiger partial charge is 0.167 e. The van der Waals surface area contributed by atoms with Crippen LogP contribution >= 0.6 is 12.2 Å². The monoisotopic (exact) mass is 222 g/mol. The number of allylic oxidation sites excluding steroid dienone is 5. The normalized spacial score (nSPS) is 19.5. The number of ether oxygens (including phenoxy) is 1. The van der Waals surface area contributed by atoms with Gasteiger partial charge >= 0.3 is 0 Å². The molecule has 0 aromatic rings. The van der Waals surface area contributed by atoms with Gasteiger partial charge in [0.05, 0.1) is 0 Å². The molecule has 0 bridgehead atoms. The third-order valence-electron chi connectivity index (χ3n) is 2.23. The summed E-state index contributed by atoms with van der Waals surface area (Å²) in [6.45, 7) is 4.00. The van der Waals surface area contributed by atoms with Gasteiger partial charge in [0, 0.05) is 6.42 Å². The molecule has 1 aliphatic carbocycles. The summed E-state index contributed by atoms with van der Waals surface area (Å²) in [4.78, 5) is 0. The van der Waals surface area contributed by atoms with Crippen molar-refractivity contribution in [3.63, 3.8) is 0 Å². The Morgan fingerprint density at radius 2 is 1.87 bits per heavy atom. The Balaban J connectivity index is 0.000000531.